The third kappa shape index (κ3) is 5.59. The molecule has 1 N–H and O–H groups in total. The first-order valence-electron chi connectivity index (χ1n) is 13.0. The molecule has 0 unspecified atom stereocenters. The number of sulfonamides is 1. The number of carbonyl (C=O) groups is 1. The monoisotopic (exact) mass is 560 g/mol. The van der Waals surface area contributed by atoms with Crippen LogP contribution in [0.15, 0.2) is 83.9 Å². The number of nitrogens with zero attached hydrogens (tertiary/aromatic N) is 3. The molecular formula is C30H32N4O5S. The number of rotatable bonds is 8. The molecule has 40 heavy (non-hydrogen) atoms. The summed E-state index contributed by atoms with van der Waals surface area (Å²) < 4.78 is 39.8. The van der Waals surface area contributed by atoms with Crippen molar-refractivity contribution in [2.24, 2.45) is 0 Å². The van der Waals surface area contributed by atoms with Crippen LogP contribution in [0.4, 0.5) is 5.69 Å². The van der Waals surface area contributed by atoms with Gasteiger partial charge in [-0.25, -0.2) is 8.42 Å². The Morgan fingerprint density at radius 2 is 1.73 bits per heavy atom. The van der Waals surface area contributed by atoms with Crippen molar-refractivity contribution in [3.63, 3.8) is 0 Å². The number of ether oxygens (including phenoxy) is 2. The number of nitrogens with one attached hydrogen (secondary N) is 1. The average molecular weight is 561 g/mol. The van der Waals surface area contributed by atoms with Gasteiger partial charge in [0.05, 0.1) is 19.7 Å². The van der Waals surface area contributed by atoms with Gasteiger partial charge in [-0.15, -0.1) is 0 Å². The van der Waals surface area contributed by atoms with Crippen molar-refractivity contribution in [3.8, 4) is 11.5 Å². The number of aromatic nitrogens is 1. The Labute approximate surface area is 234 Å². The van der Waals surface area contributed by atoms with E-state index in [4.69, 9.17) is 9.47 Å². The molecule has 4 aromatic rings. The van der Waals surface area contributed by atoms with E-state index < -0.39 is 10.0 Å². The highest BCUT2D eigenvalue weighted by Crippen LogP contribution is 2.32. The van der Waals surface area contributed by atoms with Crippen LogP contribution < -0.4 is 14.2 Å². The van der Waals surface area contributed by atoms with Crippen LogP contribution in [0, 0.1) is 0 Å². The Bertz CT molecular complexity index is 1620. The maximum atomic E-state index is 13.3. The second kappa shape index (κ2) is 11.5. The predicted octanol–water partition coefficient (Wildman–Crippen LogP) is 4.40. The van der Waals surface area contributed by atoms with Crippen LogP contribution in [0.1, 0.15) is 22.8 Å². The molecule has 1 aromatic heterocycles. The fraction of sp³-hybridized carbons (Fsp3) is 0.267. The second-order valence-electron chi connectivity index (χ2n) is 9.75. The Morgan fingerprint density at radius 1 is 0.975 bits per heavy atom. The number of methoxy groups -OCH3 is 2. The van der Waals surface area contributed by atoms with Gasteiger partial charge in [-0.05, 0) is 49.4 Å². The minimum absolute atomic E-state index is 0.00473. The molecule has 0 aliphatic carbocycles. The largest absolute Gasteiger partial charge is 0.493 e. The molecule has 1 aliphatic heterocycles. The van der Waals surface area contributed by atoms with Gasteiger partial charge in [0.25, 0.3) is 15.9 Å². The summed E-state index contributed by atoms with van der Waals surface area (Å²) in [4.78, 5) is 21.9. The summed E-state index contributed by atoms with van der Waals surface area (Å²) in [5.74, 6) is 1.34. The van der Waals surface area contributed by atoms with E-state index >= 15 is 0 Å². The van der Waals surface area contributed by atoms with Crippen molar-refractivity contribution < 1.29 is 22.7 Å². The highest BCUT2D eigenvalue weighted by molar-refractivity contribution is 7.93. The first-order chi connectivity index (χ1) is 19.3. The van der Waals surface area contributed by atoms with Gasteiger partial charge in [-0.2, -0.15) is 0 Å². The summed E-state index contributed by atoms with van der Waals surface area (Å²) in [5, 5.41) is 0.739. The van der Waals surface area contributed by atoms with Crippen molar-refractivity contribution in [3.05, 3.63) is 90.1 Å². The van der Waals surface area contributed by atoms with E-state index in [0.717, 1.165) is 16.7 Å². The molecule has 5 rings (SSSR count). The topological polar surface area (TPSA) is 101 Å². The van der Waals surface area contributed by atoms with Crippen molar-refractivity contribution in [1.82, 2.24) is 14.8 Å². The van der Waals surface area contributed by atoms with Crippen LogP contribution in [0.25, 0.3) is 10.9 Å². The lowest BCUT2D eigenvalue weighted by Crippen LogP contribution is -2.53. The van der Waals surface area contributed by atoms with Crippen LogP contribution in [-0.2, 0) is 16.6 Å². The van der Waals surface area contributed by atoms with Crippen LogP contribution in [0.5, 0.6) is 11.5 Å². The summed E-state index contributed by atoms with van der Waals surface area (Å²) in [6.07, 6.45) is 1.57. The molecule has 2 heterocycles. The Morgan fingerprint density at radius 3 is 2.45 bits per heavy atom. The molecular weight excluding hydrogens is 528 g/mol. The molecule has 0 saturated carbocycles. The number of hydrogen-bond donors (Lipinski definition) is 1. The summed E-state index contributed by atoms with van der Waals surface area (Å²) in [6, 6.07) is 21.0. The van der Waals surface area contributed by atoms with E-state index in [1.54, 1.807) is 56.8 Å². The number of piperazine rings is 1. The number of hydrogen-bond acceptors (Lipinski definition) is 7. The second-order valence-corrected chi connectivity index (χ2v) is 11.4. The zero-order valence-corrected chi connectivity index (χ0v) is 23.5. The molecule has 1 amide bonds. The normalized spacial score (nSPS) is 16.1. The third-order valence-corrected chi connectivity index (χ3v) is 8.53. The van der Waals surface area contributed by atoms with Gasteiger partial charge in [0.2, 0.25) is 0 Å². The highest BCUT2D eigenvalue weighted by atomic mass is 32.2. The van der Waals surface area contributed by atoms with Gasteiger partial charge in [0.15, 0.2) is 11.5 Å². The standard InChI is InChI=1S/C30H32N4O5S/c1-21-19-33(20-24-8-4-10-26(38-2)29(24)39-3)17-18-34(21)30(35)23-12-14-25(15-13-23)32-40(36,37)27-11-5-7-22-9-6-16-31-28(22)27/h4-16,21,32H,17-20H2,1-3H3/t21-/m1/s1. The number of amides is 1. The van der Waals surface area contributed by atoms with Gasteiger partial charge in [-0.1, -0.05) is 30.3 Å². The summed E-state index contributed by atoms with van der Waals surface area (Å²) in [6.45, 7) is 4.73. The van der Waals surface area contributed by atoms with Crippen LogP contribution in [0.3, 0.4) is 0 Å². The van der Waals surface area contributed by atoms with Crippen molar-refractivity contribution in [1.29, 1.82) is 0 Å². The first-order valence-corrected chi connectivity index (χ1v) is 14.5. The Hall–Kier alpha value is -4.15. The third-order valence-electron chi connectivity index (χ3n) is 7.12. The van der Waals surface area contributed by atoms with Gasteiger partial charge in [0, 0.05) is 60.6 Å². The van der Waals surface area contributed by atoms with Crippen LogP contribution in [-0.4, -0.2) is 69.0 Å². The van der Waals surface area contributed by atoms with E-state index in [-0.39, 0.29) is 16.8 Å². The number of carbonyl (C=O) groups excluding carboxylic acids is 1. The van der Waals surface area contributed by atoms with Gasteiger partial charge >= 0.3 is 0 Å². The maximum Gasteiger partial charge on any atom is 0.264 e. The molecule has 1 atom stereocenters. The van der Waals surface area contributed by atoms with E-state index in [0.29, 0.717) is 48.7 Å². The maximum absolute atomic E-state index is 13.3. The number of para-hydroxylation sites is 2. The van der Waals surface area contributed by atoms with Crippen LogP contribution >= 0.6 is 0 Å². The highest BCUT2D eigenvalue weighted by Gasteiger charge is 2.29. The lowest BCUT2D eigenvalue weighted by Gasteiger charge is -2.40. The SMILES string of the molecule is COc1cccc(CN2CCN(C(=O)c3ccc(NS(=O)(=O)c4cccc5cccnc45)cc3)[C@H](C)C2)c1OC. The molecule has 0 spiro atoms. The fourth-order valence-electron chi connectivity index (χ4n) is 5.15. The van der Waals surface area contributed by atoms with E-state index in [1.807, 2.05) is 42.2 Å². The molecule has 10 heteroatoms. The summed E-state index contributed by atoms with van der Waals surface area (Å²) >= 11 is 0. The minimum Gasteiger partial charge on any atom is -0.493 e. The van der Waals surface area contributed by atoms with E-state index in [9.17, 15) is 13.2 Å². The molecule has 0 radical (unpaired) electrons. The van der Waals surface area contributed by atoms with Crippen molar-refractivity contribution in [2.45, 2.75) is 24.4 Å². The number of pyridine rings is 1. The van der Waals surface area contributed by atoms with Crippen molar-refractivity contribution >= 4 is 32.5 Å². The Balaban J connectivity index is 1.24. The fourth-order valence-corrected chi connectivity index (χ4v) is 6.39. The smallest absolute Gasteiger partial charge is 0.264 e. The molecule has 0 bridgehead atoms. The summed E-state index contributed by atoms with van der Waals surface area (Å²) in [5.41, 5.74) is 2.31. The number of benzene rings is 3. The molecule has 1 aliphatic rings. The lowest BCUT2D eigenvalue weighted by atomic mass is 10.1. The van der Waals surface area contributed by atoms with Crippen molar-refractivity contribution in [2.75, 3.05) is 38.6 Å². The van der Waals surface area contributed by atoms with E-state index in [1.165, 1.54) is 6.07 Å². The molecule has 1 saturated heterocycles. The lowest BCUT2D eigenvalue weighted by molar-refractivity contribution is 0.0474. The number of fused-ring (bicyclic) bond motifs is 1. The summed E-state index contributed by atoms with van der Waals surface area (Å²) in [7, 11) is -0.614. The predicted molar refractivity (Wildman–Crippen MR) is 154 cm³/mol. The van der Waals surface area contributed by atoms with Crippen LogP contribution in [0.2, 0.25) is 0 Å². The molecule has 1 fully saturated rings. The average Bonchev–Trinajstić information content (AvgIpc) is 2.96. The van der Waals surface area contributed by atoms with Gasteiger partial charge < -0.3 is 14.4 Å². The van der Waals surface area contributed by atoms with Gasteiger partial charge in [-0.3, -0.25) is 19.4 Å². The van der Waals surface area contributed by atoms with E-state index in [2.05, 4.69) is 14.6 Å². The zero-order chi connectivity index (χ0) is 28.3. The Kier molecular flexibility index (Phi) is 7.90. The molecule has 9 nitrogen and oxygen atoms in total. The van der Waals surface area contributed by atoms with Gasteiger partial charge in [0.1, 0.15) is 4.90 Å². The number of anilines is 1. The molecule has 3 aromatic carbocycles. The molecule has 208 valence electrons. The minimum atomic E-state index is -3.87. The quantitative estimate of drug-likeness (QED) is 0.341. The first kappa shape index (κ1) is 27.4. The zero-order valence-electron chi connectivity index (χ0n) is 22.7.